The van der Waals surface area contributed by atoms with Crippen molar-refractivity contribution >= 4 is 6.08 Å². The highest BCUT2D eigenvalue weighted by molar-refractivity contribution is 5.51. The summed E-state index contributed by atoms with van der Waals surface area (Å²) in [4.78, 5) is 3.28. The second-order valence-corrected chi connectivity index (χ2v) is 4.57. The van der Waals surface area contributed by atoms with Crippen molar-refractivity contribution in [2.45, 2.75) is 26.7 Å². The first kappa shape index (κ1) is 11.7. The van der Waals surface area contributed by atoms with E-state index in [9.17, 15) is 0 Å². The fourth-order valence-electron chi connectivity index (χ4n) is 2.28. The van der Waals surface area contributed by atoms with E-state index < -0.39 is 0 Å². The van der Waals surface area contributed by atoms with Crippen molar-refractivity contribution in [3.05, 3.63) is 65.0 Å². The zero-order valence-electron chi connectivity index (χ0n) is 10.7. The fourth-order valence-corrected chi connectivity index (χ4v) is 2.28. The molecule has 0 aliphatic rings. The lowest BCUT2D eigenvalue weighted by Crippen LogP contribution is -1.92. The number of hydrogen-bond acceptors (Lipinski definition) is 0. The van der Waals surface area contributed by atoms with E-state index in [-0.39, 0.29) is 0 Å². The normalized spacial score (nSPS) is 13.1. The van der Waals surface area contributed by atoms with Crippen molar-refractivity contribution < 1.29 is 0 Å². The van der Waals surface area contributed by atoms with E-state index in [0.29, 0.717) is 5.92 Å². The maximum absolute atomic E-state index is 3.28. The number of nitrogens with one attached hydrogen (secondary N) is 1. The van der Waals surface area contributed by atoms with Crippen LogP contribution in [0.15, 0.2) is 42.6 Å². The van der Waals surface area contributed by atoms with Gasteiger partial charge in [0.25, 0.3) is 0 Å². The predicted octanol–water partition coefficient (Wildman–Crippen LogP) is 4.45. The van der Waals surface area contributed by atoms with Crippen LogP contribution in [-0.4, -0.2) is 4.98 Å². The highest BCUT2D eigenvalue weighted by Gasteiger charge is 2.09. The molecule has 0 bridgehead atoms. The molecule has 17 heavy (non-hydrogen) atoms. The van der Waals surface area contributed by atoms with Gasteiger partial charge < -0.3 is 4.98 Å². The Labute approximate surface area is 103 Å². The average molecular weight is 225 g/mol. The van der Waals surface area contributed by atoms with Gasteiger partial charge in [0, 0.05) is 17.8 Å². The van der Waals surface area contributed by atoms with Gasteiger partial charge in [0.1, 0.15) is 0 Å². The molecule has 88 valence electrons. The zero-order chi connectivity index (χ0) is 12.3. The van der Waals surface area contributed by atoms with Gasteiger partial charge in [-0.25, -0.2) is 0 Å². The smallest absolute Gasteiger partial charge is 0.0156 e. The standard InChI is InChI=1S/C16H19N/c1-12(16-13(2)11-17-14(16)3)9-10-15-7-5-4-6-8-15/h4-12,17H,1-3H3/b10-9+. The molecule has 1 aromatic carbocycles. The van der Waals surface area contributed by atoms with Crippen molar-refractivity contribution in [3.63, 3.8) is 0 Å². The summed E-state index contributed by atoms with van der Waals surface area (Å²) >= 11 is 0. The van der Waals surface area contributed by atoms with E-state index in [1.54, 1.807) is 0 Å². The molecule has 0 aliphatic carbocycles. The number of H-pyrrole nitrogens is 1. The number of benzene rings is 1. The molecule has 1 N–H and O–H groups in total. The van der Waals surface area contributed by atoms with Crippen LogP contribution in [0.5, 0.6) is 0 Å². The third-order valence-corrected chi connectivity index (χ3v) is 3.17. The number of allylic oxidation sites excluding steroid dienone is 1. The minimum Gasteiger partial charge on any atom is -0.365 e. The molecule has 1 unspecified atom stereocenters. The maximum Gasteiger partial charge on any atom is 0.0156 e. The average Bonchev–Trinajstić information content (AvgIpc) is 2.67. The first-order valence-corrected chi connectivity index (χ1v) is 6.06. The summed E-state index contributed by atoms with van der Waals surface area (Å²) in [6.07, 6.45) is 6.53. The Morgan fingerprint density at radius 3 is 2.41 bits per heavy atom. The van der Waals surface area contributed by atoms with Crippen LogP contribution in [0.4, 0.5) is 0 Å². The van der Waals surface area contributed by atoms with Crippen LogP contribution in [0.3, 0.4) is 0 Å². The van der Waals surface area contributed by atoms with Crippen LogP contribution < -0.4 is 0 Å². The highest BCUT2D eigenvalue weighted by Crippen LogP contribution is 2.24. The highest BCUT2D eigenvalue weighted by atomic mass is 14.7. The Kier molecular flexibility index (Phi) is 3.48. The van der Waals surface area contributed by atoms with Gasteiger partial charge in [-0.3, -0.25) is 0 Å². The van der Waals surface area contributed by atoms with Gasteiger partial charge in [-0.2, -0.15) is 0 Å². The van der Waals surface area contributed by atoms with Crippen molar-refractivity contribution in [2.75, 3.05) is 0 Å². The molecule has 0 saturated carbocycles. The largest absolute Gasteiger partial charge is 0.365 e. The Hall–Kier alpha value is -1.76. The van der Waals surface area contributed by atoms with E-state index in [1.807, 2.05) is 6.07 Å². The molecule has 0 amide bonds. The summed E-state index contributed by atoms with van der Waals surface area (Å²) in [6.45, 7) is 6.53. The Morgan fingerprint density at radius 1 is 1.12 bits per heavy atom. The number of hydrogen-bond donors (Lipinski definition) is 1. The second-order valence-electron chi connectivity index (χ2n) is 4.57. The van der Waals surface area contributed by atoms with Crippen molar-refractivity contribution in [1.82, 2.24) is 4.98 Å². The van der Waals surface area contributed by atoms with Gasteiger partial charge in [0.2, 0.25) is 0 Å². The summed E-state index contributed by atoms with van der Waals surface area (Å²) in [5, 5.41) is 0. The van der Waals surface area contributed by atoms with E-state index in [4.69, 9.17) is 0 Å². The molecule has 2 aromatic rings. The summed E-state index contributed by atoms with van der Waals surface area (Å²) in [6, 6.07) is 10.4. The van der Waals surface area contributed by atoms with E-state index >= 15 is 0 Å². The molecule has 0 saturated heterocycles. The molecule has 0 fully saturated rings. The van der Waals surface area contributed by atoms with Crippen LogP contribution in [0.25, 0.3) is 6.08 Å². The minimum atomic E-state index is 0.446. The molecule has 0 aliphatic heterocycles. The van der Waals surface area contributed by atoms with Gasteiger partial charge in [-0.1, -0.05) is 49.4 Å². The Balaban J connectivity index is 2.17. The predicted molar refractivity (Wildman–Crippen MR) is 74.2 cm³/mol. The lowest BCUT2D eigenvalue weighted by molar-refractivity contribution is 0.945. The van der Waals surface area contributed by atoms with Crippen LogP contribution in [0.2, 0.25) is 0 Å². The van der Waals surface area contributed by atoms with E-state index in [0.717, 1.165) is 0 Å². The summed E-state index contributed by atoms with van der Waals surface area (Å²) in [5.41, 5.74) is 5.28. The van der Waals surface area contributed by atoms with Gasteiger partial charge in [0.15, 0.2) is 0 Å². The summed E-state index contributed by atoms with van der Waals surface area (Å²) in [5.74, 6) is 0.446. The molecule has 1 nitrogen and oxygen atoms in total. The first-order valence-electron chi connectivity index (χ1n) is 6.06. The van der Waals surface area contributed by atoms with Crippen LogP contribution in [0.1, 0.15) is 35.2 Å². The molecule has 1 heterocycles. The molecule has 0 radical (unpaired) electrons. The summed E-state index contributed by atoms with van der Waals surface area (Å²) in [7, 11) is 0. The molecule has 1 aromatic heterocycles. The number of rotatable bonds is 3. The molecule has 1 heteroatoms. The quantitative estimate of drug-likeness (QED) is 0.794. The number of aromatic amines is 1. The zero-order valence-corrected chi connectivity index (χ0v) is 10.7. The maximum atomic E-state index is 3.28. The van der Waals surface area contributed by atoms with Crippen molar-refractivity contribution in [2.24, 2.45) is 0 Å². The monoisotopic (exact) mass is 225 g/mol. The summed E-state index contributed by atoms with van der Waals surface area (Å²) < 4.78 is 0. The van der Waals surface area contributed by atoms with Crippen LogP contribution in [-0.2, 0) is 0 Å². The molecule has 2 rings (SSSR count). The SMILES string of the molecule is Cc1c[nH]c(C)c1C(C)/C=C/c1ccccc1. The van der Waals surface area contributed by atoms with Crippen molar-refractivity contribution in [1.29, 1.82) is 0 Å². The Morgan fingerprint density at radius 2 is 1.82 bits per heavy atom. The minimum absolute atomic E-state index is 0.446. The van der Waals surface area contributed by atoms with Gasteiger partial charge in [-0.15, -0.1) is 0 Å². The van der Waals surface area contributed by atoms with Gasteiger partial charge >= 0.3 is 0 Å². The van der Waals surface area contributed by atoms with Gasteiger partial charge in [-0.05, 0) is 30.5 Å². The van der Waals surface area contributed by atoms with Crippen LogP contribution >= 0.6 is 0 Å². The lowest BCUT2D eigenvalue weighted by Gasteiger charge is -2.07. The topological polar surface area (TPSA) is 15.8 Å². The molecule has 1 atom stereocenters. The van der Waals surface area contributed by atoms with E-state index in [1.165, 1.54) is 22.4 Å². The number of aromatic nitrogens is 1. The molecular weight excluding hydrogens is 206 g/mol. The number of aryl methyl sites for hydroxylation is 2. The van der Waals surface area contributed by atoms with Crippen molar-refractivity contribution in [3.8, 4) is 0 Å². The second kappa shape index (κ2) is 5.05. The third-order valence-electron chi connectivity index (χ3n) is 3.17. The van der Waals surface area contributed by atoms with E-state index in [2.05, 4.69) is 68.4 Å². The fraction of sp³-hybridized carbons (Fsp3) is 0.250. The third kappa shape index (κ3) is 2.68. The Bertz CT molecular complexity index is 486. The van der Waals surface area contributed by atoms with Crippen LogP contribution in [0, 0.1) is 13.8 Å². The first-order chi connectivity index (χ1) is 8.18. The lowest BCUT2D eigenvalue weighted by atomic mass is 9.97. The van der Waals surface area contributed by atoms with Gasteiger partial charge in [0.05, 0.1) is 0 Å². The molecule has 0 spiro atoms. The molecular formula is C16H19N.